The summed E-state index contributed by atoms with van der Waals surface area (Å²) in [5.74, 6) is -1.97. The van der Waals surface area contributed by atoms with Crippen molar-refractivity contribution in [1.29, 1.82) is 0 Å². The molecular formula is C11H18N2O6. The molecule has 0 spiro atoms. The van der Waals surface area contributed by atoms with Gasteiger partial charge < -0.3 is 20.5 Å². The number of amides is 2. The van der Waals surface area contributed by atoms with Gasteiger partial charge in [-0.15, -0.1) is 0 Å². The molecule has 8 nitrogen and oxygen atoms in total. The number of hydrogen-bond donors (Lipinski definition) is 2. The van der Waals surface area contributed by atoms with E-state index in [9.17, 15) is 19.2 Å². The number of ether oxygens (including phenoxy) is 2. The molecule has 0 rings (SSSR count). The minimum atomic E-state index is -0.586. The van der Waals surface area contributed by atoms with Crippen molar-refractivity contribution < 1.29 is 28.7 Å². The number of primary amides is 1. The van der Waals surface area contributed by atoms with E-state index in [1.807, 2.05) is 0 Å². The predicted octanol–water partition coefficient (Wildman–Crippen LogP) is -1.14. The second-order valence-corrected chi connectivity index (χ2v) is 3.58. The third-order valence-electron chi connectivity index (χ3n) is 2.02. The normalized spacial score (nSPS) is 9.53. The summed E-state index contributed by atoms with van der Waals surface area (Å²) in [6.07, 6.45) is -0.159. The Bertz CT molecular complexity index is 342. The van der Waals surface area contributed by atoms with Crippen LogP contribution in [0.1, 0.15) is 25.7 Å². The molecule has 0 radical (unpaired) electrons. The maximum atomic E-state index is 11.1. The van der Waals surface area contributed by atoms with Crippen molar-refractivity contribution >= 4 is 23.8 Å². The maximum Gasteiger partial charge on any atom is 0.306 e. The zero-order chi connectivity index (χ0) is 14.7. The molecule has 19 heavy (non-hydrogen) atoms. The van der Waals surface area contributed by atoms with Crippen LogP contribution < -0.4 is 11.1 Å². The van der Waals surface area contributed by atoms with Crippen molar-refractivity contribution in [3.63, 3.8) is 0 Å². The van der Waals surface area contributed by atoms with Gasteiger partial charge in [0.1, 0.15) is 13.2 Å². The van der Waals surface area contributed by atoms with Crippen molar-refractivity contribution in [3.8, 4) is 0 Å². The van der Waals surface area contributed by atoms with Crippen molar-refractivity contribution in [2.24, 2.45) is 5.73 Å². The highest BCUT2D eigenvalue weighted by molar-refractivity contribution is 5.81. The Labute approximate surface area is 110 Å². The first kappa shape index (κ1) is 16.9. The predicted molar refractivity (Wildman–Crippen MR) is 63.6 cm³/mol. The van der Waals surface area contributed by atoms with E-state index in [2.05, 4.69) is 10.1 Å². The maximum absolute atomic E-state index is 11.1. The molecule has 0 aliphatic heterocycles. The summed E-state index contributed by atoms with van der Waals surface area (Å²) in [7, 11) is 1.47. The van der Waals surface area contributed by atoms with Crippen LogP contribution in [0.4, 0.5) is 0 Å². The third-order valence-corrected chi connectivity index (χ3v) is 2.02. The van der Waals surface area contributed by atoms with Crippen molar-refractivity contribution in [1.82, 2.24) is 5.32 Å². The molecule has 0 bridgehead atoms. The molecule has 0 saturated heterocycles. The van der Waals surface area contributed by atoms with Gasteiger partial charge in [-0.1, -0.05) is 0 Å². The Morgan fingerprint density at radius 1 is 0.895 bits per heavy atom. The van der Waals surface area contributed by atoms with Gasteiger partial charge in [0.2, 0.25) is 11.8 Å². The minimum Gasteiger partial charge on any atom is -0.462 e. The second kappa shape index (κ2) is 9.86. The smallest absolute Gasteiger partial charge is 0.306 e. The molecule has 0 aromatic heterocycles. The van der Waals surface area contributed by atoms with E-state index in [1.165, 1.54) is 7.05 Å². The Balaban J connectivity index is 3.52. The topological polar surface area (TPSA) is 125 Å². The summed E-state index contributed by atoms with van der Waals surface area (Å²) in [5.41, 5.74) is 4.86. The highest BCUT2D eigenvalue weighted by Gasteiger charge is 2.08. The van der Waals surface area contributed by atoms with Gasteiger partial charge in [0, 0.05) is 19.9 Å². The molecule has 0 fully saturated rings. The molecule has 8 heteroatoms. The van der Waals surface area contributed by atoms with Crippen LogP contribution in [0.25, 0.3) is 0 Å². The fourth-order valence-corrected chi connectivity index (χ4v) is 1.02. The van der Waals surface area contributed by atoms with Crippen LogP contribution in [0.5, 0.6) is 0 Å². The lowest BCUT2D eigenvalue weighted by Gasteiger charge is -2.05. The van der Waals surface area contributed by atoms with Crippen LogP contribution in [0.2, 0.25) is 0 Å². The Morgan fingerprint density at radius 3 is 1.79 bits per heavy atom. The average Bonchev–Trinajstić information content (AvgIpc) is 2.38. The van der Waals surface area contributed by atoms with E-state index in [0.29, 0.717) is 0 Å². The summed E-state index contributed by atoms with van der Waals surface area (Å²) >= 11 is 0. The van der Waals surface area contributed by atoms with Crippen LogP contribution in [0.15, 0.2) is 0 Å². The Kier molecular flexibility index (Phi) is 8.76. The van der Waals surface area contributed by atoms with Gasteiger partial charge in [0.05, 0.1) is 12.8 Å². The summed E-state index contributed by atoms with van der Waals surface area (Å²) < 4.78 is 9.41. The molecule has 0 saturated carbocycles. The number of nitrogens with two attached hydrogens (primary N) is 1. The molecule has 3 N–H and O–H groups in total. The summed E-state index contributed by atoms with van der Waals surface area (Å²) in [4.78, 5) is 43.4. The van der Waals surface area contributed by atoms with Crippen LogP contribution in [0.3, 0.4) is 0 Å². The molecule has 0 heterocycles. The molecule has 108 valence electrons. The van der Waals surface area contributed by atoms with Gasteiger partial charge >= 0.3 is 11.9 Å². The average molecular weight is 274 g/mol. The van der Waals surface area contributed by atoms with E-state index in [0.717, 1.165) is 0 Å². The molecular weight excluding hydrogens is 256 g/mol. The lowest BCUT2D eigenvalue weighted by atomic mass is 10.3. The highest BCUT2D eigenvalue weighted by Crippen LogP contribution is 1.95. The van der Waals surface area contributed by atoms with Crippen LogP contribution >= 0.6 is 0 Å². The molecule has 0 aliphatic rings. The third kappa shape index (κ3) is 10.7. The van der Waals surface area contributed by atoms with E-state index < -0.39 is 17.8 Å². The van der Waals surface area contributed by atoms with E-state index >= 15 is 0 Å². The van der Waals surface area contributed by atoms with Crippen LogP contribution in [0, 0.1) is 0 Å². The van der Waals surface area contributed by atoms with E-state index in [-0.39, 0.29) is 44.8 Å². The second-order valence-electron chi connectivity index (χ2n) is 3.58. The Hall–Kier alpha value is -2.12. The van der Waals surface area contributed by atoms with Crippen molar-refractivity contribution in [2.45, 2.75) is 25.7 Å². The number of carbonyl (C=O) groups excluding carboxylic acids is 4. The standard InChI is InChI=1S/C11H18N2O6/c1-13-9(15)3-5-11(17)19-7-6-18-10(16)4-2-8(12)14/h2-7H2,1H3,(H2,12,14)(H,13,15). The number of carbonyl (C=O) groups is 4. The van der Waals surface area contributed by atoms with Crippen molar-refractivity contribution in [3.05, 3.63) is 0 Å². The van der Waals surface area contributed by atoms with Crippen molar-refractivity contribution in [2.75, 3.05) is 20.3 Å². The largest absolute Gasteiger partial charge is 0.462 e. The summed E-state index contributed by atoms with van der Waals surface area (Å²) in [6, 6.07) is 0. The Morgan fingerprint density at radius 2 is 1.37 bits per heavy atom. The lowest BCUT2D eigenvalue weighted by molar-refractivity contribution is -0.152. The lowest BCUT2D eigenvalue weighted by Crippen LogP contribution is -2.20. The highest BCUT2D eigenvalue weighted by atomic mass is 16.6. The number of nitrogens with one attached hydrogen (secondary N) is 1. The van der Waals surface area contributed by atoms with E-state index in [1.54, 1.807) is 0 Å². The summed E-state index contributed by atoms with van der Waals surface area (Å²) in [6.45, 7) is -0.182. The van der Waals surface area contributed by atoms with Gasteiger partial charge in [-0.3, -0.25) is 19.2 Å². The molecule has 0 aromatic carbocycles. The molecule has 0 atom stereocenters. The zero-order valence-electron chi connectivity index (χ0n) is 10.8. The minimum absolute atomic E-state index is 0.0324. The number of hydrogen-bond acceptors (Lipinski definition) is 6. The first-order valence-corrected chi connectivity index (χ1v) is 5.75. The zero-order valence-corrected chi connectivity index (χ0v) is 10.8. The SMILES string of the molecule is CNC(=O)CCC(=O)OCCOC(=O)CCC(N)=O. The molecule has 0 aliphatic carbocycles. The summed E-state index contributed by atoms with van der Waals surface area (Å²) in [5, 5.41) is 2.37. The number of rotatable bonds is 9. The first-order chi connectivity index (χ1) is 8.95. The first-order valence-electron chi connectivity index (χ1n) is 5.75. The molecule has 2 amide bonds. The van der Waals surface area contributed by atoms with Gasteiger partial charge in [0.15, 0.2) is 0 Å². The molecule has 0 unspecified atom stereocenters. The molecule has 0 aromatic rings. The fourth-order valence-electron chi connectivity index (χ4n) is 1.02. The number of esters is 2. The monoisotopic (exact) mass is 274 g/mol. The fraction of sp³-hybridized carbons (Fsp3) is 0.636. The van der Waals surface area contributed by atoms with Gasteiger partial charge in [-0.2, -0.15) is 0 Å². The van der Waals surface area contributed by atoms with Gasteiger partial charge in [-0.25, -0.2) is 0 Å². The quantitative estimate of drug-likeness (QED) is 0.404. The van der Waals surface area contributed by atoms with E-state index in [4.69, 9.17) is 10.5 Å². The van der Waals surface area contributed by atoms with Gasteiger partial charge in [0.25, 0.3) is 0 Å². The van der Waals surface area contributed by atoms with Crippen LogP contribution in [-0.4, -0.2) is 44.0 Å². The van der Waals surface area contributed by atoms with Crippen LogP contribution in [-0.2, 0) is 28.7 Å². The van der Waals surface area contributed by atoms with Gasteiger partial charge in [-0.05, 0) is 0 Å².